The molecule has 0 aliphatic heterocycles. The fraction of sp³-hybridized carbons (Fsp3) is 0.167. The summed E-state index contributed by atoms with van der Waals surface area (Å²) in [5.74, 6) is 5.41. The molecule has 1 heterocycles. The van der Waals surface area contributed by atoms with Crippen molar-refractivity contribution in [3.63, 3.8) is 0 Å². The number of rotatable bonds is 1. The molecule has 54 valence electrons. The molecule has 0 atom stereocenters. The van der Waals surface area contributed by atoms with Crippen molar-refractivity contribution < 1.29 is 0 Å². The first-order chi connectivity index (χ1) is 5.43. The molecule has 0 radical (unpaired) electrons. The van der Waals surface area contributed by atoms with Crippen molar-refractivity contribution in [3.05, 3.63) is 28.4 Å². The van der Waals surface area contributed by atoms with E-state index >= 15 is 0 Å². The SMILES string of the molecule is [N-]=[N+]=NCC#Cc1cn[nH]c1. The highest BCUT2D eigenvalue weighted by molar-refractivity contribution is 5.29. The van der Waals surface area contributed by atoms with E-state index in [0.29, 0.717) is 0 Å². The molecule has 0 aromatic carbocycles. The van der Waals surface area contributed by atoms with Crippen molar-refractivity contribution in [2.75, 3.05) is 6.54 Å². The summed E-state index contributed by atoms with van der Waals surface area (Å²) in [4.78, 5) is 2.55. The van der Waals surface area contributed by atoms with Crippen molar-refractivity contribution in [1.29, 1.82) is 0 Å². The summed E-state index contributed by atoms with van der Waals surface area (Å²) in [6.07, 6.45) is 3.27. The Balaban J connectivity index is 2.52. The van der Waals surface area contributed by atoms with Gasteiger partial charge < -0.3 is 0 Å². The van der Waals surface area contributed by atoms with Crippen LogP contribution in [0.4, 0.5) is 0 Å². The Bertz CT molecular complexity index is 308. The molecule has 1 aromatic rings. The molecule has 0 bridgehead atoms. The van der Waals surface area contributed by atoms with E-state index in [1.807, 2.05) is 0 Å². The highest BCUT2D eigenvalue weighted by atomic mass is 15.1. The number of aromatic nitrogens is 2. The third-order valence-corrected chi connectivity index (χ3v) is 0.944. The Labute approximate surface area is 63.1 Å². The van der Waals surface area contributed by atoms with E-state index in [0.717, 1.165) is 5.56 Å². The van der Waals surface area contributed by atoms with Gasteiger partial charge in [0, 0.05) is 11.1 Å². The second-order valence-corrected chi connectivity index (χ2v) is 1.68. The molecule has 0 aliphatic carbocycles. The highest BCUT2D eigenvalue weighted by Crippen LogP contribution is 1.87. The van der Waals surface area contributed by atoms with Gasteiger partial charge in [0.15, 0.2) is 0 Å². The van der Waals surface area contributed by atoms with Gasteiger partial charge in [-0.1, -0.05) is 17.0 Å². The second-order valence-electron chi connectivity index (χ2n) is 1.68. The maximum Gasteiger partial charge on any atom is 0.0880 e. The van der Waals surface area contributed by atoms with Crippen LogP contribution in [-0.2, 0) is 0 Å². The van der Waals surface area contributed by atoms with Gasteiger partial charge in [-0.2, -0.15) is 5.10 Å². The number of nitrogens with zero attached hydrogens (tertiary/aromatic N) is 4. The minimum atomic E-state index is 0.196. The number of hydrogen-bond acceptors (Lipinski definition) is 2. The number of azide groups is 1. The fourth-order valence-electron chi connectivity index (χ4n) is 0.528. The monoisotopic (exact) mass is 147 g/mol. The molecule has 0 saturated heterocycles. The molecule has 1 aromatic heterocycles. The van der Waals surface area contributed by atoms with Crippen molar-refractivity contribution in [3.8, 4) is 11.8 Å². The van der Waals surface area contributed by atoms with Gasteiger partial charge in [-0.05, 0) is 5.53 Å². The lowest BCUT2D eigenvalue weighted by Gasteiger charge is -1.72. The van der Waals surface area contributed by atoms with E-state index in [4.69, 9.17) is 5.53 Å². The van der Waals surface area contributed by atoms with Gasteiger partial charge in [-0.25, -0.2) is 0 Å². The van der Waals surface area contributed by atoms with E-state index in [2.05, 4.69) is 32.1 Å². The number of aromatic amines is 1. The van der Waals surface area contributed by atoms with Crippen molar-refractivity contribution in [1.82, 2.24) is 10.2 Å². The largest absolute Gasteiger partial charge is 0.284 e. The predicted molar refractivity (Wildman–Crippen MR) is 39.5 cm³/mol. The summed E-state index contributed by atoms with van der Waals surface area (Å²) in [5.41, 5.74) is 8.69. The minimum absolute atomic E-state index is 0.196. The topological polar surface area (TPSA) is 77.4 Å². The van der Waals surface area contributed by atoms with Crippen LogP contribution in [0.3, 0.4) is 0 Å². The van der Waals surface area contributed by atoms with Crippen LogP contribution < -0.4 is 0 Å². The normalized spacial score (nSPS) is 7.64. The van der Waals surface area contributed by atoms with Gasteiger partial charge in [-0.3, -0.25) is 5.10 Å². The summed E-state index contributed by atoms with van der Waals surface area (Å²) in [5, 5.41) is 9.55. The quantitative estimate of drug-likeness (QED) is 0.274. The average Bonchev–Trinajstić information content (AvgIpc) is 2.50. The molecule has 0 saturated carbocycles. The van der Waals surface area contributed by atoms with Gasteiger partial charge >= 0.3 is 0 Å². The smallest absolute Gasteiger partial charge is 0.0880 e. The molecule has 5 heteroatoms. The highest BCUT2D eigenvalue weighted by Gasteiger charge is 1.82. The first kappa shape index (κ1) is 7.19. The maximum absolute atomic E-state index is 7.90. The molecular formula is C6H5N5. The lowest BCUT2D eigenvalue weighted by Crippen LogP contribution is -1.69. The van der Waals surface area contributed by atoms with Gasteiger partial charge in [0.25, 0.3) is 0 Å². The summed E-state index contributed by atoms with van der Waals surface area (Å²) < 4.78 is 0. The summed E-state index contributed by atoms with van der Waals surface area (Å²) in [7, 11) is 0. The van der Waals surface area contributed by atoms with E-state index in [9.17, 15) is 0 Å². The van der Waals surface area contributed by atoms with E-state index in [1.54, 1.807) is 12.4 Å². The molecule has 0 fully saturated rings. The van der Waals surface area contributed by atoms with Crippen LogP contribution in [0.5, 0.6) is 0 Å². The van der Waals surface area contributed by atoms with E-state index < -0.39 is 0 Å². The average molecular weight is 147 g/mol. The minimum Gasteiger partial charge on any atom is -0.284 e. The van der Waals surface area contributed by atoms with Crippen molar-refractivity contribution in [2.45, 2.75) is 0 Å². The molecule has 0 amide bonds. The van der Waals surface area contributed by atoms with Crippen LogP contribution in [0, 0.1) is 11.8 Å². The zero-order chi connectivity index (χ0) is 7.94. The van der Waals surface area contributed by atoms with E-state index in [1.165, 1.54) is 0 Å². The molecule has 0 spiro atoms. The number of H-pyrrole nitrogens is 1. The Hall–Kier alpha value is -1.92. The Morgan fingerprint density at radius 1 is 1.82 bits per heavy atom. The summed E-state index contributed by atoms with van der Waals surface area (Å²) in [6, 6.07) is 0. The van der Waals surface area contributed by atoms with Crippen LogP contribution in [0.2, 0.25) is 0 Å². The van der Waals surface area contributed by atoms with Crippen molar-refractivity contribution in [2.24, 2.45) is 5.11 Å². The van der Waals surface area contributed by atoms with Crippen molar-refractivity contribution >= 4 is 0 Å². The number of nitrogens with one attached hydrogen (secondary N) is 1. The Morgan fingerprint density at radius 3 is 3.36 bits per heavy atom. The zero-order valence-corrected chi connectivity index (χ0v) is 5.65. The number of hydrogen-bond donors (Lipinski definition) is 1. The van der Waals surface area contributed by atoms with E-state index in [-0.39, 0.29) is 6.54 Å². The Morgan fingerprint density at radius 2 is 2.73 bits per heavy atom. The Kier molecular flexibility index (Phi) is 2.61. The second kappa shape index (κ2) is 3.99. The molecule has 11 heavy (non-hydrogen) atoms. The van der Waals surface area contributed by atoms with Crippen LogP contribution in [0.1, 0.15) is 5.56 Å². The first-order valence-corrected chi connectivity index (χ1v) is 2.92. The summed E-state index contributed by atoms with van der Waals surface area (Å²) in [6.45, 7) is 0.196. The third-order valence-electron chi connectivity index (χ3n) is 0.944. The lowest BCUT2D eigenvalue weighted by molar-refractivity contribution is 1.09. The molecule has 0 unspecified atom stereocenters. The molecule has 1 N–H and O–H groups in total. The standard InChI is InChI=1S/C6H5N5/c7-11-8-3-1-2-6-4-9-10-5-6/h4-5H,3H2,(H,9,10). The van der Waals surface area contributed by atoms with Crippen LogP contribution in [0.25, 0.3) is 10.4 Å². The van der Waals surface area contributed by atoms with Gasteiger partial charge in [0.05, 0.1) is 18.3 Å². The summed E-state index contributed by atoms with van der Waals surface area (Å²) >= 11 is 0. The van der Waals surface area contributed by atoms with Crippen LogP contribution in [0.15, 0.2) is 17.5 Å². The third kappa shape index (κ3) is 2.43. The predicted octanol–water partition coefficient (Wildman–Crippen LogP) is 1.07. The van der Waals surface area contributed by atoms with Gasteiger partial charge in [-0.15, -0.1) is 0 Å². The zero-order valence-electron chi connectivity index (χ0n) is 5.65. The lowest BCUT2D eigenvalue weighted by atomic mass is 10.4. The molecule has 1 rings (SSSR count). The maximum atomic E-state index is 7.90. The molecule has 5 nitrogen and oxygen atoms in total. The first-order valence-electron chi connectivity index (χ1n) is 2.92. The van der Waals surface area contributed by atoms with Crippen LogP contribution in [-0.4, -0.2) is 16.7 Å². The van der Waals surface area contributed by atoms with Gasteiger partial charge in [0.2, 0.25) is 0 Å². The molecule has 0 aliphatic rings. The fourth-order valence-corrected chi connectivity index (χ4v) is 0.528. The van der Waals surface area contributed by atoms with Gasteiger partial charge in [0.1, 0.15) is 0 Å². The molecular weight excluding hydrogens is 142 g/mol. The van der Waals surface area contributed by atoms with Crippen LogP contribution >= 0.6 is 0 Å².